The molecule has 32 heavy (non-hydrogen) atoms. The number of fused-ring (bicyclic) bond motifs is 1. The quantitative estimate of drug-likeness (QED) is 0.482. The Hall–Kier alpha value is -3.65. The topological polar surface area (TPSA) is 68.0 Å². The lowest BCUT2D eigenvalue weighted by Gasteiger charge is -2.33. The minimum Gasteiger partial charge on any atom is -0.493 e. The molecule has 0 aliphatic carbocycles. The van der Waals surface area contributed by atoms with Crippen molar-refractivity contribution in [2.75, 3.05) is 52.3 Å². The van der Waals surface area contributed by atoms with Crippen LogP contribution in [0.1, 0.15) is 0 Å². The van der Waals surface area contributed by atoms with E-state index in [1.165, 1.54) is 0 Å². The Bertz CT molecular complexity index is 1230. The number of hydrogen-bond acceptors (Lipinski definition) is 7. The molecule has 0 amide bonds. The van der Waals surface area contributed by atoms with Gasteiger partial charge in [0.2, 0.25) is 0 Å². The highest BCUT2D eigenvalue weighted by atomic mass is 16.5. The molecule has 1 saturated heterocycles. The number of likely N-dealkylation sites (N-methyl/N-ethyl adjacent to an activating group) is 1. The number of nitrogens with zero attached hydrogens (tertiary/aromatic N) is 6. The number of anilines is 1. The van der Waals surface area contributed by atoms with Gasteiger partial charge in [0.25, 0.3) is 0 Å². The molecule has 1 aliphatic heterocycles. The van der Waals surface area contributed by atoms with Gasteiger partial charge in [-0.3, -0.25) is 4.40 Å². The number of methoxy groups -OCH3 is 2. The fourth-order valence-corrected chi connectivity index (χ4v) is 4.01. The summed E-state index contributed by atoms with van der Waals surface area (Å²) in [6, 6.07) is 14.0. The fraction of sp³-hybridized carbons (Fsp3) is 0.292. The summed E-state index contributed by atoms with van der Waals surface area (Å²) in [7, 11) is 5.41. The molecule has 0 N–H and O–H groups in total. The van der Waals surface area contributed by atoms with Crippen LogP contribution >= 0.6 is 0 Å². The molecule has 1 aliphatic rings. The average Bonchev–Trinajstić information content (AvgIpc) is 3.27. The number of ether oxygens (including phenoxy) is 2. The molecule has 8 nitrogen and oxygen atoms in total. The summed E-state index contributed by atoms with van der Waals surface area (Å²) >= 11 is 0. The first-order valence-electron chi connectivity index (χ1n) is 10.6. The van der Waals surface area contributed by atoms with Crippen LogP contribution in [-0.4, -0.2) is 71.9 Å². The molecule has 3 aromatic heterocycles. The first-order valence-corrected chi connectivity index (χ1v) is 10.6. The number of aromatic nitrogens is 4. The van der Waals surface area contributed by atoms with E-state index in [1.807, 2.05) is 41.1 Å². The molecule has 164 valence electrons. The largest absolute Gasteiger partial charge is 0.493 e. The van der Waals surface area contributed by atoms with E-state index >= 15 is 0 Å². The molecule has 0 saturated carbocycles. The number of piperazine rings is 1. The van der Waals surface area contributed by atoms with Crippen LogP contribution in [0, 0.1) is 0 Å². The van der Waals surface area contributed by atoms with Gasteiger partial charge in [0.15, 0.2) is 23.0 Å². The van der Waals surface area contributed by atoms with Crippen LogP contribution in [0.15, 0.2) is 54.9 Å². The lowest BCUT2D eigenvalue weighted by Crippen LogP contribution is -2.44. The molecule has 1 fully saturated rings. The third-order valence-corrected chi connectivity index (χ3v) is 5.95. The van der Waals surface area contributed by atoms with Crippen LogP contribution in [0.3, 0.4) is 0 Å². The van der Waals surface area contributed by atoms with Gasteiger partial charge in [-0.05, 0) is 49.5 Å². The number of rotatable bonds is 5. The predicted octanol–water partition coefficient (Wildman–Crippen LogP) is 3.23. The maximum absolute atomic E-state index is 5.45. The zero-order valence-electron chi connectivity index (χ0n) is 18.5. The molecule has 4 heterocycles. The molecule has 5 rings (SSSR count). The highest BCUT2D eigenvalue weighted by molar-refractivity contribution is 5.69. The highest BCUT2D eigenvalue weighted by Gasteiger charge is 2.16. The molecule has 0 unspecified atom stereocenters. The zero-order valence-corrected chi connectivity index (χ0v) is 18.5. The van der Waals surface area contributed by atoms with Crippen molar-refractivity contribution in [1.82, 2.24) is 24.5 Å². The molecular formula is C24H26N6O2. The summed E-state index contributed by atoms with van der Waals surface area (Å²) in [6.45, 7) is 4.13. The second kappa shape index (κ2) is 8.47. The van der Waals surface area contributed by atoms with E-state index in [0.717, 1.165) is 60.2 Å². The summed E-state index contributed by atoms with van der Waals surface area (Å²) < 4.78 is 12.8. The van der Waals surface area contributed by atoms with Gasteiger partial charge in [0, 0.05) is 55.3 Å². The molecule has 0 spiro atoms. The van der Waals surface area contributed by atoms with Crippen molar-refractivity contribution in [2.24, 2.45) is 0 Å². The minimum atomic E-state index is 0.654. The SMILES string of the molecule is COc1ccc(-c2nnc3ccc(-c4ccc(N5CCN(C)CC5)nc4)cn23)cc1OC. The molecule has 4 aromatic rings. The Morgan fingerprint density at radius 1 is 0.781 bits per heavy atom. The summed E-state index contributed by atoms with van der Waals surface area (Å²) in [5, 5.41) is 8.73. The van der Waals surface area contributed by atoms with Gasteiger partial charge < -0.3 is 19.3 Å². The lowest BCUT2D eigenvalue weighted by atomic mass is 10.1. The Labute approximate surface area is 187 Å². The molecule has 8 heteroatoms. The van der Waals surface area contributed by atoms with Gasteiger partial charge in [0.05, 0.1) is 14.2 Å². The standard InChI is InChI=1S/C24H26N6O2/c1-28-10-12-29(13-11-28)22-8-5-18(15-25-22)19-6-9-23-26-27-24(30(23)16-19)17-4-7-20(31-2)21(14-17)32-3/h4-9,14-16H,10-13H2,1-3H3. The van der Waals surface area contributed by atoms with Gasteiger partial charge in [-0.1, -0.05) is 0 Å². The van der Waals surface area contributed by atoms with Crippen LogP contribution in [0.2, 0.25) is 0 Å². The smallest absolute Gasteiger partial charge is 0.168 e. The number of pyridine rings is 2. The van der Waals surface area contributed by atoms with E-state index in [2.05, 4.69) is 45.2 Å². The van der Waals surface area contributed by atoms with E-state index in [9.17, 15) is 0 Å². The second-order valence-corrected chi connectivity index (χ2v) is 7.93. The van der Waals surface area contributed by atoms with Crippen molar-refractivity contribution in [1.29, 1.82) is 0 Å². The van der Waals surface area contributed by atoms with Crippen molar-refractivity contribution in [3.05, 3.63) is 54.9 Å². The molecule has 1 aromatic carbocycles. The van der Waals surface area contributed by atoms with Gasteiger partial charge in [-0.15, -0.1) is 10.2 Å². The molecule has 0 bridgehead atoms. The number of hydrogen-bond donors (Lipinski definition) is 0. The summed E-state index contributed by atoms with van der Waals surface area (Å²) in [6.07, 6.45) is 3.99. The van der Waals surface area contributed by atoms with E-state index in [0.29, 0.717) is 11.5 Å². The van der Waals surface area contributed by atoms with Crippen molar-refractivity contribution in [2.45, 2.75) is 0 Å². The summed E-state index contributed by atoms with van der Waals surface area (Å²) in [5.41, 5.74) is 3.78. The maximum atomic E-state index is 5.45. The number of benzene rings is 1. The first kappa shape index (κ1) is 20.3. The Morgan fingerprint density at radius 2 is 1.53 bits per heavy atom. The van der Waals surface area contributed by atoms with Crippen LogP contribution < -0.4 is 14.4 Å². The van der Waals surface area contributed by atoms with E-state index in [4.69, 9.17) is 14.5 Å². The second-order valence-electron chi connectivity index (χ2n) is 7.93. The van der Waals surface area contributed by atoms with E-state index in [-0.39, 0.29) is 0 Å². The predicted molar refractivity (Wildman–Crippen MR) is 124 cm³/mol. The monoisotopic (exact) mass is 430 g/mol. The van der Waals surface area contributed by atoms with E-state index in [1.54, 1.807) is 14.2 Å². The van der Waals surface area contributed by atoms with Gasteiger partial charge in [0.1, 0.15) is 5.82 Å². The van der Waals surface area contributed by atoms with Gasteiger partial charge in [-0.2, -0.15) is 0 Å². The van der Waals surface area contributed by atoms with Crippen LogP contribution in [0.5, 0.6) is 11.5 Å². The van der Waals surface area contributed by atoms with Gasteiger partial charge in [-0.25, -0.2) is 4.98 Å². The van der Waals surface area contributed by atoms with Crippen molar-refractivity contribution >= 4 is 11.5 Å². The lowest BCUT2D eigenvalue weighted by molar-refractivity contribution is 0.312. The van der Waals surface area contributed by atoms with Crippen molar-refractivity contribution < 1.29 is 9.47 Å². The fourth-order valence-electron chi connectivity index (χ4n) is 4.01. The molecule has 0 radical (unpaired) electrons. The third kappa shape index (κ3) is 3.73. The van der Waals surface area contributed by atoms with Gasteiger partial charge >= 0.3 is 0 Å². The van der Waals surface area contributed by atoms with E-state index < -0.39 is 0 Å². The maximum Gasteiger partial charge on any atom is 0.168 e. The van der Waals surface area contributed by atoms with Crippen LogP contribution in [0.25, 0.3) is 28.2 Å². The third-order valence-electron chi connectivity index (χ3n) is 5.95. The minimum absolute atomic E-state index is 0.654. The average molecular weight is 431 g/mol. The van der Waals surface area contributed by atoms with Crippen LogP contribution in [0.4, 0.5) is 5.82 Å². The van der Waals surface area contributed by atoms with Crippen LogP contribution in [-0.2, 0) is 0 Å². The normalized spacial score (nSPS) is 14.7. The summed E-state index contributed by atoms with van der Waals surface area (Å²) in [5.74, 6) is 3.10. The zero-order chi connectivity index (χ0) is 22.1. The summed E-state index contributed by atoms with van der Waals surface area (Å²) in [4.78, 5) is 9.41. The highest BCUT2D eigenvalue weighted by Crippen LogP contribution is 2.32. The van der Waals surface area contributed by atoms with Crippen molar-refractivity contribution in [3.63, 3.8) is 0 Å². The Morgan fingerprint density at radius 3 is 2.25 bits per heavy atom. The molecule has 0 atom stereocenters. The first-order chi connectivity index (χ1) is 15.7. The molecular weight excluding hydrogens is 404 g/mol. The Kier molecular flexibility index (Phi) is 5.36. The van der Waals surface area contributed by atoms with Crippen molar-refractivity contribution in [3.8, 4) is 34.0 Å². The Balaban J connectivity index is 1.46.